The van der Waals surface area contributed by atoms with E-state index in [4.69, 9.17) is 0 Å². The first-order chi connectivity index (χ1) is 13.1. The minimum absolute atomic E-state index is 0.0149. The summed E-state index contributed by atoms with van der Waals surface area (Å²) in [6.45, 7) is 3.22. The molecule has 0 spiro atoms. The fraction of sp³-hybridized carbons (Fsp3) is 0.450. The molecule has 4 rings (SSSR count). The van der Waals surface area contributed by atoms with E-state index in [-0.39, 0.29) is 12.3 Å². The van der Waals surface area contributed by atoms with E-state index in [0.717, 1.165) is 32.4 Å². The molecule has 0 radical (unpaired) electrons. The van der Waals surface area contributed by atoms with Crippen LogP contribution in [0.25, 0.3) is 0 Å². The Hall–Kier alpha value is -2.67. The number of aromatic amines is 2. The third-order valence-corrected chi connectivity index (χ3v) is 5.67. The van der Waals surface area contributed by atoms with Gasteiger partial charge in [-0.15, -0.1) is 0 Å². The lowest BCUT2D eigenvalue weighted by molar-refractivity contribution is -0.130. The third-order valence-electron chi connectivity index (χ3n) is 5.67. The lowest BCUT2D eigenvalue weighted by Gasteiger charge is -2.27. The molecule has 7 nitrogen and oxygen atoms in total. The van der Waals surface area contributed by atoms with Crippen LogP contribution in [0.5, 0.6) is 0 Å². The fourth-order valence-electron chi connectivity index (χ4n) is 4.19. The number of H-pyrrole nitrogens is 2. The van der Waals surface area contributed by atoms with E-state index in [1.165, 1.54) is 17.3 Å². The number of benzene rings is 1. The number of amides is 1. The second-order valence-corrected chi connectivity index (χ2v) is 7.38. The van der Waals surface area contributed by atoms with Crippen LogP contribution in [0.4, 0.5) is 0 Å². The molecule has 0 saturated carbocycles. The van der Waals surface area contributed by atoms with Crippen LogP contribution in [-0.2, 0) is 24.1 Å². The van der Waals surface area contributed by atoms with E-state index < -0.39 is 11.2 Å². The van der Waals surface area contributed by atoms with Gasteiger partial charge in [-0.3, -0.25) is 19.5 Å². The molecule has 1 aromatic carbocycles. The first-order valence-electron chi connectivity index (χ1n) is 9.49. The SMILES string of the molecule is O=C(Cc1c[nH]c(=O)[nH]c1=O)N1CCCN(C2Cc3ccccc3C2)CC1. The molecule has 1 aliphatic heterocycles. The van der Waals surface area contributed by atoms with Crippen molar-refractivity contribution >= 4 is 5.91 Å². The van der Waals surface area contributed by atoms with E-state index >= 15 is 0 Å². The van der Waals surface area contributed by atoms with Gasteiger partial charge in [0.15, 0.2) is 0 Å². The number of aromatic nitrogens is 2. The molecule has 1 aromatic heterocycles. The second-order valence-electron chi connectivity index (χ2n) is 7.38. The number of carbonyl (C=O) groups excluding carboxylic acids is 1. The van der Waals surface area contributed by atoms with Gasteiger partial charge < -0.3 is 9.88 Å². The van der Waals surface area contributed by atoms with Crippen molar-refractivity contribution < 1.29 is 4.79 Å². The summed E-state index contributed by atoms with van der Waals surface area (Å²) in [7, 11) is 0. The van der Waals surface area contributed by atoms with Crippen LogP contribution in [0.1, 0.15) is 23.1 Å². The lowest BCUT2D eigenvalue weighted by atomic mass is 10.1. The molecule has 2 heterocycles. The van der Waals surface area contributed by atoms with Gasteiger partial charge in [0.1, 0.15) is 0 Å². The standard InChI is InChI=1S/C20H24N4O3/c25-18(12-16-13-21-20(27)22-19(16)26)24-7-3-6-23(8-9-24)17-10-14-4-1-2-5-15(14)11-17/h1-2,4-5,13,17H,3,6-12H2,(H2,21,22,26,27). The lowest BCUT2D eigenvalue weighted by Crippen LogP contribution is -2.40. The second kappa shape index (κ2) is 7.52. The van der Waals surface area contributed by atoms with Gasteiger partial charge in [-0.2, -0.15) is 0 Å². The Bertz CT molecular complexity index is 923. The molecule has 2 aliphatic rings. The summed E-state index contributed by atoms with van der Waals surface area (Å²) in [5, 5.41) is 0. The number of nitrogens with one attached hydrogen (secondary N) is 2. The molecule has 142 valence electrons. The average Bonchev–Trinajstić information content (AvgIpc) is 2.93. The van der Waals surface area contributed by atoms with Crippen LogP contribution in [0, 0.1) is 0 Å². The Morgan fingerprint density at radius 3 is 2.48 bits per heavy atom. The van der Waals surface area contributed by atoms with Gasteiger partial charge in [-0.05, 0) is 30.4 Å². The Morgan fingerprint density at radius 1 is 1.04 bits per heavy atom. The van der Waals surface area contributed by atoms with Crippen LogP contribution in [0.15, 0.2) is 40.1 Å². The van der Waals surface area contributed by atoms with Crippen molar-refractivity contribution in [3.63, 3.8) is 0 Å². The number of hydrogen-bond acceptors (Lipinski definition) is 4. The van der Waals surface area contributed by atoms with Crippen molar-refractivity contribution in [2.45, 2.75) is 31.7 Å². The fourth-order valence-corrected chi connectivity index (χ4v) is 4.19. The van der Waals surface area contributed by atoms with Gasteiger partial charge in [0.25, 0.3) is 5.56 Å². The Kier molecular flexibility index (Phi) is 4.94. The molecule has 2 aromatic rings. The van der Waals surface area contributed by atoms with Gasteiger partial charge in [0.2, 0.25) is 5.91 Å². The summed E-state index contributed by atoms with van der Waals surface area (Å²) in [6.07, 6.45) is 4.44. The van der Waals surface area contributed by atoms with Gasteiger partial charge >= 0.3 is 5.69 Å². The van der Waals surface area contributed by atoms with Crippen molar-refractivity contribution in [2.75, 3.05) is 26.2 Å². The molecule has 27 heavy (non-hydrogen) atoms. The van der Waals surface area contributed by atoms with Crippen molar-refractivity contribution in [2.24, 2.45) is 0 Å². The van der Waals surface area contributed by atoms with E-state index in [0.29, 0.717) is 24.7 Å². The quantitative estimate of drug-likeness (QED) is 0.816. The predicted molar refractivity (Wildman–Crippen MR) is 102 cm³/mol. The highest BCUT2D eigenvalue weighted by molar-refractivity contribution is 5.78. The molecule has 0 bridgehead atoms. The van der Waals surface area contributed by atoms with E-state index in [1.807, 2.05) is 4.90 Å². The molecule has 1 aliphatic carbocycles. The first kappa shape index (κ1) is 17.7. The van der Waals surface area contributed by atoms with Gasteiger partial charge in [-0.1, -0.05) is 24.3 Å². The summed E-state index contributed by atoms with van der Waals surface area (Å²) >= 11 is 0. The van der Waals surface area contributed by atoms with Crippen molar-refractivity contribution in [3.05, 3.63) is 68.0 Å². The van der Waals surface area contributed by atoms with E-state index in [9.17, 15) is 14.4 Å². The number of rotatable bonds is 3. The molecule has 0 unspecified atom stereocenters. The maximum absolute atomic E-state index is 12.6. The Labute approximate surface area is 157 Å². The van der Waals surface area contributed by atoms with Crippen LogP contribution in [-0.4, -0.2) is 57.9 Å². The zero-order valence-electron chi connectivity index (χ0n) is 15.2. The van der Waals surface area contributed by atoms with Crippen molar-refractivity contribution in [3.8, 4) is 0 Å². The third kappa shape index (κ3) is 3.88. The molecule has 0 atom stereocenters. The maximum atomic E-state index is 12.6. The van der Waals surface area contributed by atoms with Crippen LogP contribution < -0.4 is 11.2 Å². The Morgan fingerprint density at radius 2 is 1.78 bits per heavy atom. The molecule has 7 heteroatoms. The number of fused-ring (bicyclic) bond motifs is 1. The number of nitrogens with zero attached hydrogens (tertiary/aromatic N) is 2. The zero-order chi connectivity index (χ0) is 18.8. The highest BCUT2D eigenvalue weighted by atomic mass is 16.2. The van der Waals surface area contributed by atoms with E-state index in [2.05, 4.69) is 39.1 Å². The van der Waals surface area contributed by atoms with Crippen molar-refractivity contribution in [1.29, 1.82) is 0 Å². The predicted octanol–water partition coefficient (Wildman–Crippen LogP) is 0.307. The molecule has 1 amide bonds. The van der Waals surface area contributed by atoms with E-state index in [1.54, 1.807) is 0 Å². The van der Waals surface area contributed by atoms with Crippen LogP contribution in [0.3, 0.4) is 0 Å². The molecular formula is C20H24N4O3. The number of hydrogen-bond donors (Lipinski definition) is 2. The topological polar surface area (TPSA) is 89.3 Å². The van der Waals surface area contributed by atoms with Crippen LogP contribution >= 0.6 is 0 Å². The van der Waals surface area contributed by atoms with Crippen molar-refractivity contribution in [1.82, 2.24) is 19.8 Å². The zero-order valence-corrected chi connectivity index (χ0v) is 15.2. The van der Waals surface area contributed by atoms with Gasteiger partial charge in [-0.25, -0.2) is 4.79 Å². The molecule has 2 N–H and O–H groups in total. The summed E-state index contributed by atoms with van der Waals surface area (Å²) in [5.74, 6) is -0.0656. The average molecular weight is 368 g/mol. The normalized spacial score (nSPS) is 18.3. The highest BCUT2D eigenvalue weighted by Crippen LogP contribution is 2.26. The minimum Gasteiger partial charge on any atom is -0.341 e. The molecule has 1 saturated heterocycles. The summed E-state index contributed by atoms with van der Waals surface area (Å²) in [6, 6.07) is 9.14. The van der Waals surface area contributed by atoms with Gasteiger partial charge in [0.05, 0.1) is 6.42 Å². The van der Waals surface area contributed by atoms with Gasteiger partial charge in [0, 0.05) is 44.0 Å². The maximum Gasteiger partial charge on any atom is 0.325 e. The monoisotopic (exact) mass is 368 g/mol. The number of carbonyl (C=O) groups is 1. The van der Waals surface area contributed by atoms with Crippen LogP contribution in [0.2, 0.25) is 0 Å². The highest BCUT2D eigenvalue weighted by Gasteiger charge is 2.29. The smallest absolute Gasteiger partial charge is 0.325 e. The Balaban J connectivity index is 1.36. The summed E-state index contributed by atoms with van der Waals surface area (Å²) in [4.78, 5) is 44.5. The largest absolute Gasteiger partial charge is 0.341 e. The molecule has 1 fully saturated rings. The minimum atomic E-state index is -0.556. The molecular weight excluding hydrogens is 344 g/mol. The first-order valence-corrected chi connectivity index (χ1v) is 9.49. The summed E-state index contributed by atoms with van der Waals surface area (Å²) in [5.41, 5.74) is 2.13. The summed E-state index contributed by atoms with van der Waals surface area (Å²) < 4.78 is 0.